The van der Waals surface area contributed by atoms with Gasteiger partial charge in [0.05, 0.1) is 0 Å². The van der Waals surface area contributed by atoms with Crippen LogP contribution in [0.15, 0.2) is 0 Å². The van der Waals surface area contributed by atoms with E-state index in [0.717, 1.165) is 12.3 Å². The van der Waals surface area contributed by atoms with Crippen molar-refractivity contribution >= 4 is 0 Å². The van der Waals surface area contributed by atoms with E-state index in [1.54, 1.807) is 0 Å². The molecular weight excluding hydrogens is 148 g/mol. The molecule has 0 amide bonds. The maximum Gasteiger partial charge on any atom is 0.0428 e. The van der Waals surface area contributed by atoms with Gasteiger partial charge < -0.3 is 5.11 Å². The van der Waals surface area contributed by atoms with Gasteiger partial charge in [0.2, 0.25) is 0 Å². The minimum Gasteiger partial charge on any atom is -0.396 e. The van der Waals surface area contributed by atoms with Gasteiger partial charge in [-0.3, -0.25) is 0 Å². The highest BCUT2D eigenvalue weighted by Gasteiger charge is 1.90. The zero-order chi connectivity index (χ0) is 9.82. The number of unbranched alkanes of at least 4 members (excludes halogenated alkanes) is 2. The molecule has 0 aromatic carbocycles. The second-order valence-corrected chi connectivity index (χ2v) is 3.61. The van der Waals surface area contributed by atoms with Gasteiger partial charge in [0, 0.05) is 6.61 Å². The van der Waals surface area contributed by atoms with Crippen LogP contribution in [0.25, 0.3) is 0 Å². The first-order valence-corrected chi connectivity index (χ1v) is 5.29. The van der Waals surface area contributed by atoms with E-state index >= 15 is 0 Å². The Morgan fingerprint density at radius 1 is 1.00 bits per heavy atom. The fourth-order valence-electron chi connectivity index (χ4n) is 0.803. The van der Waals surface area contributed by atoms with Crippen LogP contribution in [0.2, 0.25) is 0 Å². The standard InChI is InChI=1S/C8H18.C3H8O/c1-4-5-6-7-8(2)3;1-2-3-4/h8H,4-7H2,1-3H3;4H,2-3H2,1H3. The zero-order valence-electron chi connectivity index (χ0n) is 9.27. The third kappa shape index (κ3) is 22.5. The molecule has 0 rings (SSSR count). The number of aliphatic hydroxyl groups is 1. The lowest BCUT2D eigenvalue weighted by molar-refractivity contribution is 0.295. The van der Waals surface area contributed by atoms with Crippen LogP contribution in [-0.2, 0) is 0 Å². The third-order valence-electron chi connectivity index (χ3n) is 1.61. The normalized spacial score (nSPS) is 9.50. The average molecular weight is 174 g/mol. The SMILES string of the molecule is CCCCCC(C)C.CCCO. The highest BCUT2D eigenvalue weighted by molar-refractivity contribution is 4.44. The van der Waals surface area contributed by atoms with Crippen molar-refractivity contribution in [2.75, 3.05) is 6.61 Å². The lowest BCUT2D eigenvalue weighted by Crippen LogP contribution is -1.85. The number of hydrogen-bond donors (Lipinski definition) is 1. The molecule has 12 heavy (non-hydrogen) atoms. The molecule has 1 N–H and O–H groups in total. The van der Waals surface area contributed by atoms with Gasteiger partial charge in [-0.2, -0.15) is 0 Å². The first-order valence-electron chi connectivity index (χ1n) is 5.29. The Balaban J connectivity index is 0. The van der Waals surface area contributed by atoms with Crippen LogP contribution in [0.1, 0.15) is 59.8 Å². The summed E-state index contributed by atoms with van der Waals surface area (Å²) in [7, 11) is 0. The fraction of sp³-hybridized carbons (Fsp3) is 1.00. The number of rotatable bonds is 5. The molecule has 0 fully saturated rings. The summed E-state index contributed by atoms with van der Waals surface area (Å²) in [6.45, 7) is 9.08. The van der Waals surface area contributed by atoms with Crippen LogP contribution in [0.4, 0.5) is 0 Å². The maximum atomic E-state index is 7.88. The fourth-order valence-corrected chi connectivity index (χ4v) is 0.803. The summed E-state index contributed by atoms with van der Waals surface area (Å²) in [5, 5.41) is 7.88. The molecular formula is C11H26O. The van der Waals surface area contributed by atoms with Crippen molar-refractivity contribution in [2.24, 2.45) is 5.92 Å². The van der Waals surface area contributed by atoms with Gasteiger partial charge in [0.15, 0.2) is 0 Å². The summed E-state index contributed by atoms with van der Waals surface area (Å²) >= 11 is 0. The van der Waals surface area contributed by atoms with E-state index in [9.17, 15) is 0 Å². The van der Waals surface area contributed by atoms with Crippen molar-refractivity contribution in [2.45, 2.75) is 59.8 Å². The Morgan fingerprint density at radius 3 is 1.75 bits per heavy atom. The molecule has 1 heteroatoms. The first-order chi connectivity index (χ1) is 5.68. The lowest BCUT2D eigenvalue weighted by atomic mass is 10.1. The van der Waals surface area contributed by atoms with E-state index in [1.807, 2.05) is 6.92 Å². The van der Waals surface area contributed by atoms with Gasteiger partial charge in [0.1, 0.15) is 0 Å². The Morgan fingerprint density at radius 2 is 1.50 bits per heavy atom. The molecule has 0 aliphatic heterocycles. The zero-order valence-corrected chi connectivity index (χ0v) is 9.27. The molecule has 0 aromatic rings. The lowest BCUT2D eigenvalue weighted by Gasteiger charge is -2.00. The Labute approximate surface area is 78.2 Å². The number of aliphatic hydroxyl groups excluding tert-OH is 1. The molecule has 0 radical (unpaired) electrons. The van der Waals surface area contributed by atoms with Crippen molar-refractivity contribution in [3.05, 3.63) is 0 Å². The molecule has 0 unspecified atom stereocenters. The molecule has 0 saturated carbocycles. The predicted octanol–water partition coefficient (Wildman–Crippen LogP) is 3.61. The third-order valence-corrected chi connectivity index (χ3v) is 1.61. The topological polar surface area (TPSA) is 20.2 Å². The Hall–Kier alpha value is -0.0400. The van der Waals surface area contributed by atoms with Gasteiger partial charge in [-0.25, -0.2) is 0 Å². The van der Waals surface area contributed by atoms with Crippen LogP contribution in [0, 0.1) is 5.92 Å². The average Bonchev–Trinajstić information content (AvgIpc) is 2.05. The highest BCUT2D eigenvalue weighted by Crippen LogP contribution is 2.06. The molecule has 0 heterocycles. The molecule has 0 atom stereocenters. The summed E-state index contributed by atoms with van der Waals surface area (Å²) in [5.74, 6) is 0.904. The van der Waals surface area contributed by atoms with E-state index < -0.39 is 0 Å². The molecule has 0 aliphatic rings. The van der Waals surface area contributed by atoms with E-state index in [2.05, 4.69) is 20.8 Å². The van der Waals surface area contributed by atoms with Gasteiger partial charge in [-0.05, 0) is 12.3 Å². The number of hydrogen-bond acceptors (Lipinski definition) is 1. The summed E-state index contributed by atoms with van der Waals surface area (Å²) in [6, 6.07) is 0. The van der Waals surface area contributed by atoms with Gasteiger partial charge in [-0.1, -0.05) is 53.4 Å². The molecule has 0 bridgehead atoms. The highest BCUT2D eigenvalue weighted by atomic mass is 16.2. The Bertz CT molecular complexity index is 58.0. The van der Waals surface area contributed by atoms with Crippen LogP contribution in [-0.4, -0.2) is 11.7 Å². The van der Waals surface area contributed by atoms with E-state index in [1.165, 1.54) is 25.7 Å². The minimum absolute atomic E-state index is 0.319. The monoisotopic (exact) mass is 174 g/mol. The first kappa shape index (κ1) is 14.5. The molecule has 0 aromatic heterocycles. The van der Waals surface area contributed by atoms with Crippen molar-refractivity contribution in [1.82, 2.24) is 0 Å². The van der Waals surface area contributed by atoms with E-state index in [-0.39, 0.29) is 0 Å². The van der Waals surface area contributed by atoms with Crippen LogP contribution < -0.4 is 0 Å². The maximum absolute atomic E-state index is 7.88. The molecule has 1 nitrogen and oxygen atoms in total. The molecule has 0 aliphatic carbocycles. The largest absolute Gasteiger partial charge is 0.396 e. The summed E-state index contributed by atoms with van der Waals surface area (Å²) in [6.07, 6.45) is 6.48. The molecule has 0 spiro atoms. The van der Waals surface area contributed by atoms with Gasteiger partial charge in [0.25, 0.3) is 0 Å². The van der Waals surface area contributed by atoms with Crippen LogP contribution in [0.3, 0.4) is 0 Å². The van der Waals surface area contributed by atoms with E-state index in [4.69, 9.17) is 5.11 Å². The second kappa shape index (κ2) is 13.5. The molecule has 0 saturated heterocycles. The summed E-state index contributed by atoms with van der Waals surface area (Å²) in [5.41, 5.74) is 0. The van der Waals surface area contributed by atoms with Crippen molar-refractivity contribution < 1.29 is 5.11 Å². The van der Waals surface area contributed by atoms with Crippen molar-refractivity contribution in [3.63, 3.8) is 0 Å². The quantitative estimate of drug-likeness (QED) is 0.631. The predicted molar refractivity (Wildman–Crippen MR) is 56.4 cm³/mol. The second-order valence-electron chi connectivity index (χ2n) is 3.61. The molecule has 76 valence electrons. The summed E-state index contributed by atoms with van der Waals surface area (Å²) < 4.78 is 0. The van der Waals surface area contributed by atoms with Crippen LogP contribution >= 0.6 is 0 Å². The van der Waals surface area contributed by atoms with Crippen molar-refractivity contribution in [1.29, 1.82) is 0 Å². The van der Waals surface area contributed by atoms with Crippen LogP contribution in [0.5, 0.6) is 0 Å². The van der Waals surface area contributed by atoms with Gasteiger partial charge >= 0.3 is 0 Å². The van der Waals surface area contributed by atoms with Gasteiger partial charge in [-0.15, -0.1) is 0 Å². The van der Waals surface area contributed by atoms with Crippen molar-refractivity contribution in [3.8, 4) is 0 Å². The minimum atomic E-state index is 0.319. The summed E-state index contributed by atoms with van der Waals surface area (Å²) in [4.78, 5) is 0. The Kier molecular flexibility index (Phi) is 16.3. The van der Waals surface area contributed by atoms with E-state index in [0.29, 0.717) is 6.61 Å². The smallest absolute Gasteiger partial charge is 0.0428 e.